The quantitative estimate of drug-likeness (QED) is 0.540. The van der Waals surface area contributed by atoms with E-state index < -0.39 is 0 Å². The normalized spacial score (nSPS) is 35.6. The molecule has 1 aliphatic rings. The Balaban J connectivity index is 2.79. The SMILES string of the molecule is CC1=CCC(O)C(C)(C)CC1O. The zero-order valence-electron chi connectivity index (χ0n) is 8.04. The topological polar surface area (TPSA) is 40.5 Å². The molecule has 2 N–H and O–H groups in total. The second-order valence-corrected chi connectivity index (χ2v) is 4.41. The van der Waals surface area contributed by atoms with E-state index >= 15 is 0 Å². The average Bonchev–Trinajstić information content (AvgIpc) is 2.03. The summed E-state index contributed by atoms with van der Waals surface area (Å²) in [6.45, 7) is 5.90. The molecule has 2 atom stereocenters. The molecule has 0 aromatic carbocycles. The van der Waals surface area contributed by atoms with Gasteiger partial charge in [0.05, 0.1) is 12.2 Å². The largest absolute Gasteiger partial charge is 0.392 e. The van der Waals surface area contributed by atoms with E-state index in [0.29, 0.717) is 12.8 Å². The van der Waals surface area contributed by atoms with E-state index in [9.17, 15) is 10.2 Å². The van der Waals surface area contributed by atoms with E-state index in [0.717, 1.165) is 5.57 Å². The van der Waals surface area contributed by atoms with E-state index in [4.69, 9.17) is 0 Å². The van der Waals surface area contributed by atoms with E-state index in [2.05, 4.69) is 0 Å². The summed E-state index contributed by atoms with van der Waals surface area (Å²) in [5.41, 5.74) is 0.813. The van der Waals surface area contributed by atoms with Gasteiger partial charge in [0, 0.05) is 0 Å². The van der Waals surface area contributed by atoms with Gasteiger partial charge >= 0.3 is 0 Å². The molecule has 2 nitrogen and oxygen atoms in total. The summed E-state index contributed by atoms with van der Waals surface area (Å²) in [5, 5.41) is 19.3. The Morgan fingerprint density at radius 3 is 2.58 bits per heavy atom. The fourth-order valence-corrected chi connectivity index (χ4v) is 1.55. The highest BCUT2D eigenvalue weighted by Crippen LogP contribution is 2.33. The molecule has 1 aliphatic carbocycles. The molecule has 12 heavy (non-hydrogen) atoms. The van der Waals surface area contributed by atoms with Crippen molar-refractivity contribution in [2.45, 2.75) is 45.8 Å². The van der Waals surface area contributed by atoms with Crippen LogP contribution in [0.5, 0.6) is 0 Å². The monoisotopic (exact) mass is 170 g/mol. The van der Waals surface area contributed by atoms with Gasteiger partial charge in [-0.15, -0.1) is 0 Å². The van der Waals surface area contributed by atoms with Crippen LogP contribution in [0, 0.1) is 5.41 Å². The molecule has 2 unspecified atom stereocenters. The van der Waals surface area contributed by atoms with Crippen molar-refractivity contribution in [1.29, 1.82) is 0 Å². The van der Waals surface area contributed by atoms with Crippen LogP contribution in [0.1, 0.15) is 33.6 Å². The lowest BCUT2D eigenvalue weighted by Crippen LogP contribution is -2.31. The van der Waals surface area contributed by atoms with Crippen molar-refractivity contribution < 1.29 is 10.2 Å². The van der Waals surface area contributed by atoms with Crippen LogP contribution in [0.3, 0.4) is 0 Å². The van der Waals surface area contributed by atoms with E-state index in [1.807, 2.05) is 26.8 Å². The molecule has 1 rings (SSSR count). The molecule has 2 heteroatoms. The summed E-state index contributed by atoms with van der Waals surface area (Å²) in [6.07, 6.45) is 2.54. The highest BCUT2D eigenvalue weighted by atomic mass is 16.3. The zero-order valence-corrected chi connectivity index (χ0v) is 8.04. The Bertz CT molecular complexity index is 194. The average molecular weight is 170 g/mol. The Morgan fingerprint density at radius 2 is 2.00 bits per heavy atom. The zero-order chi connectivity index (χ0) is 9.35. The highest BCUT2D eigenvalue weighted by Gasteiger charge is 2.32. The number of aliphatic hydroxyl groups is 2. The van der Waals surface area contributed by atoms with E-state index in [-0.39, 0.29) is 17.6 Å². The molecule has 0 saturated heterocycles. The third-order valence-electron chi connectivity index (χ3n) is 2.81. The summed E-state index contributed by atoms with van der Waals surface area (Å²) in [7, 11) is 0. The molecule has 0 aromatic rings. The molecule has 0 heterocycles. The van der Waals surface area contributed by atoms with Crippen LogP contribution in [0.2, 0.25) is 0 Å². The summed E-state index contributed by atoms with van der Waals surface area (Å²) in [5.74, 6) is 0. The lowest BCUT2D eigenvalue weighted by Gasteiger charge is -2.29. The fraction of sp³-hybridized carbons (Fsp3) is 0.800. The van der Waals surface area contributed by atoms with Crippen molar-refractivity contribution in [2.75, 3.05) is 0 Å². The first-order valence-corrected chi connectivity index (χ1v) is 4.46. The van der Waals surface area contributed by atoms with Gasteiger partial charge in [-0.3, -0.25) is 0 Å². The molecule has 0 aromatic heterocycles. The second-order valence-electron chi connectivity index (χ2n) is 4.41. The van der Waals surface area contributed by atoms with E-state index in [1.165, 1.54) is 0 Å². The van der Waals surface area contributed by atoms with E-state index in [1.54, 1.807) is 0 Å². The summed E-state index contributed by atoms with van der Waals surface area (Å²) in [4.78, 5) is 0. The van der Waals surface area contributed by atoms with Gasteiger partial charge in [0.25, 0.3) is 0 Å². The Morgan fingerprint density at radius 1 is 1.42 bits per heavy atom. The maximum atomic E-state index is 9.70. The number of aliphatic hydroxyl groups excluding tert-OH is 2. The molecule has 0 spiro atoms. The van der Waals surface area contributed by atoms with Gasteiger partial charge in [0.15, 0.2) is 0 Å². The third-order valence-corrected chi connectivity index (χ3v) is 2.81. The van der Waals surface area contributed by atoms with Crippen molar-refractivity contribution in [1.82, 2.24) is 0 Å². The first kappa shape index (κ1) is 9.75. The maximum Gasteiger partial charge on any atom is 0.0753 e. The predicted octanol–water partition coefficient (Wildman–Crippen LogP) is 1.47. The predicted molar refractivity (Wildman–Crippen MR) is 48.8 cm³/mol. The molecule has 0 radical (unpaired) electrons. The number of hydrogen-bond donors (Lipinski definition) is 2. The van der Waals surface area contributed by atoms with Gasteiger partial charge in [-0.1, -0.05) is 19.9 Å². The smallest absolute Gasteiger partial charge is 0.0753 e. The Labute approximate surface area is 73.9 Å². The van der Waals surface area contributed by atoms with Gasteiger partial charge in [-0.25, -0.2) is 0 Å². The first-order chi connectivity index (χ1) is 5.43. The molecule has 0 bridgehead atoms. The molecule has 0 saturated carbocycles. The first-order valence-electron chi connectivity index (χ1n) is 4.46. The minimum Gasteiger partial charge on any atom is -0.392 e. The van der Waals surface area contributed by atoms with Crippen molar-refractivity contribution in [3.63, 3.8) is 0 Å². The molecular weight excluding hydrogens is 152 g/mol. The van der Waals surface area contributed by atoms with Gasteiger partial charge in [0.1, 0.15) is 0 Å². The summed E-state index contributed by atoms with van der Waals surface area (Å²) < 4.78 is 0. The molecular formula is C10H18O2. The standard InChI is InChI=1S/C10H18O2/c1-7-4-5-9(12)10(2,3)6-8(7)11/h4,8-9,11-12H,5-6H2,1-3H3. The van der Waals surface area contributed by atoms with Crippen LogP contribution in [0.15, 0.2) is 11.6 Å². The number of hydrogen-bond acceptors (Lipinski definition) is 2. The minimum atomic E-state index is -0.378. The van der Waals surface area contributed by atoms with Crippen molar-refractivity contribution in [3.05, 3.63) is 11.6 Å². The van der Waals surface area contributed by atoms with Crippen LogP contribution in [-0.4, -0.2) is 22.4 Å². The summed E-state index contributed by atoms with van der Waals surface area (Å²) in [6, 6.07) is 0. The van der Waals surface area contributed by atoms with Crippen LogP contribution in [-0.2, 0) is 0 Å². The Kier molecular flexibility index (Phi) is 2.59. The molecule has 0 amide bonds. The van der Waals surface area contributed by atoms with Gasteiger partial charge in [-0.2, -0.15) is 0 Å². The van der Waals surface area contributed by atoms with Crippen LogP contribution in [0.4, 0.5) is 0 Å². The van der Waals surface area contributed by atoms with Gasteiger partial charge < -0.3 is 10.2 Å². The summed E-state index contributed by atoms with van der Waals surface area (Å²) >= 11 is 0. The fourth-order valence-electron chi connectivity index (χ4n) is 1.55. The van der Waals surface area contributed by atoms with Crippen LogP contribution >= 0.6 is 0 Å². The Hall–Kier alpha value is -0.340. The third kappa shape index (κ3) is 1.87. The lowest BCUT2D eigenvalue weighted by molar-refractivity contribution is 0.0253. The number of rotatable bonds is 0. The van der Waals surface area contributed by atoms with Crippen molar-refractivity contribution in [3.8, 4) is 0 Å². The maximum absolute atomic E-state index is 9.70. The minimum absolute atomic E-state index is 0.173. The van der Waals surface area contributed by atoms with Crippen LogP contribution in [0.25, 0.3) is 0 Å². The van der Waals surface area contributed by atoms with Gasteiger partial charge in [-0.05, 0) is 30.8 Å². The van der Waals surface area contributed by atoms with Crippen molar-refractivity contribution >= 4 is 0 Å². The lowest BCUT2D eigenvalue weighted by atomic mass is 9.81. The molecule has 70 valence electrons. The van der Waals surface area contributed by atoms with Crippen LogP contribution < -0.4 is 0 Å². The molecule has 0 aliphatic heterocycles. The van der Waals surface area contributed by atoms with Crippen molar-refractivity contribution in [2.24, 2.45) is 5.41 Å². The highest BCUT2D eigenvalue weighted by molar-refractivity contribution is 5.10. The van der Waals surface area contributed by atoms with Gasteiger partial charge in [0.2, 0.25) is 0 Å². The second kappa shape index (κ2) is 3.19. The molecule has 0 fully saturated rings.